The predicted octanol–water partition coefficient (Wildman–Crippen LogP) is 3.75. The number of aromatic nitrogens is 2. The first-order valence-electron chi connectivity index (χ1n) is 9.08. The summed E-state index contributed by atoms with van der Waals surface area (Å²) in [6, 6.07) is 11.6. The van der Waals surface area contributed by atoms with Gasteiger partial charge in [0.05, 0.1) is 32.8 Å². The van der Waals surface area contributed by atoms with Gasteiger partial charge in [-0.15, -0.1) is 0 Å². The minimum atomic E-state index is -0.484. The lowest BCUT2D eigenvalue weighted by atomic mass is 10.1. The van der Waals surface area contributed by atoms with E-state index >= 15 is 0 Å². The van der Waals surface area contributed by atoms with Crippen LogP contribution >= 0.6 is 11.8 Å². The van der Waals surface area contributed by atoms with Gasteiger partial charge in [-0.2, -0.15) is 0 Å². The van der Waals surface area contributed by atoms with Crippen LogP contribution in [0.1, 0.15) is 18.9 Å². The maximum absolute atomic E-state index is 12.8. The largest absolute Gasteiger partial charge is 0.325 e. The molecule has 0 aliphatic rings. The third kappa shape index (κ3) is 4.45. The van der Waals surface area contributed by atoms with Crippen LogP contribution in [0.25, 0.3) is 10.9 Å². The van der Waals surface area contributed by atoms with Gasteiger partial charge in [0, 0.05) is 12.6 Å². The first-order chi connectivity index (χ1) is 13.9. The van der Waals surface area contributed by atoms with E-state index in [1.54, 1.807) is 35.8 Å². The van der Waals surface area contributed by atoms with Crippen molar-refractivity contribution in [2.75, 3.05) is 11.1 Å². The molecule has 0 radical (unpaired) electrons. The van der Waals surface area contributed by atoms with Gasteiger partial charge in [-0.3, -0.25) is 24.3 Å². The Hall–Kier alpha value is -3.20. The lowest BCUT2D eigenvalue weighted by molar-refractivity contribution is -0.385. The van der Waals surface area contributed by atoms with Crippen molar-refractivity contribution >= 4 is 39.9 Å². The molecular weight excluding hydrogens is 392 g/mol. The number of carbonyl (C=O) groups is 1. The minimum absolute atomic E-state index is 0.0244. The number of rotatable bonds is 7. The molecule has 1 heterocycles. The summed E-state index contributed by atoms with van der Waals surface area (Å²) in [5, 5.41) is 14.8. The Labute approximate surface area is 171 Å². The summed E-state index contributed by atoms with van der Waals surface area (Å²) in [5.41, 5.74) is 1.19. The average molecular weight is 412 g/mol. The van der Waals surface area contributed by atoms with Gasteiger partial charge in [0.15, 0.2) is 5.16 Å². The molecule has 3 aromatic rings. The number of hydrogen-bond acceptors (Lipinski definition) is 6. The van der Waals surface area contributed by atoms with E-state index in [0.717, 1.165) is 6.42 Å². The van der Waals surface area contributed by atoms with Crippen LogP contribution in [0.4, 0.5) is 11.4 Å². The summed E-state index contributed by atoms with van der Waals surface area (Å²) in [7, 11) is 0. The molecule has 1 amide bonds. The van der Waals surface area contributed by atoms with Crippen molar-refractivity contribution in [2.24, 2.45) is 0 Å². The molecule has 8 nitrogen and oxygen atoms in total. The van der Waals surface area contributed by atoms with Gasteiger partial charge >= 0.3 is 0 Å². The number of carbonyl (C=O) groups excluding carboxylic acids is 1. The number of hydrogen-bond donors (Lipinski definition) is 1. The number of nitrogens with one attached hydrogen (secondary N) is 1. The summed E-state index contributed by atoms with van der Waals surface area (Å²) in [4.78, 5) is 40.3. The van der Waals surface area contributed by atoms with Crippen LogP contribution in [-0.2, 0) is 11.3 Å². The highest BCUT2D eigenvalue weighted by Gasteiger charge is 2.16. The zero-order valence-corrected chi connectivity index (χ0v) is 16.9. The number of anilines is 1. The van der Waals surface area contributed by atoms with Gasteiger partial charge in [-0.25, -0.2) is 4.98 Å². The fourth-order valence-electron chi connectivity index (χ4n) is 2.95. The Bertz CT molecular complexity index is 1140. The molecule has 0 aliphatic heterocycles. The topological polar surface area (TPSA) is 107 Å². The van der Waals surface area contributed by atoms with E-state index in [1.165, 1.54) is 23.9 Å². The van der Waals surface area contributed by atoms with E-state index in [9.17, 15) is 19.7 Å². The van der Waals surface area contributed by atoms with Crippen LogP contribution in [0.15, 0.2) is 52.4 Å². The standard InChI is InChI=1S/C20H20N4O4S/c1-3-11-23-19(26)14-7-4-5-8-16(14)22-20(23)29-12-18(25)21-15-9-6-10-17(13(15)2)24(27)28/h4-10H,3,11-12H2,1-2H3,(H,21,25). The Balaban J connectivity index is 1.81. The Kier molecular flexibility index (Phi) is 6.28. The molecule has 150 valence electrons. The van der Waals surface area contributed by atoms with Gasteiger partial charge in [0.2, 0.25) is 5.91 Å². The number of nitrogens with zero attached hydrogens (tertiary/aromatic N) is 3. The van der Waals surface area contributed by atoms with E-state index in [0.29, 0.717) is 33.9 Å². The summed E-state index contributed by atoms with van der Waals surface area (Å²) in [6.07, 6.45) is 0.757. The second-order valence-electron chi connectivity index (χ2n) is 6.41. The van der Waals surface area contributed by atoms with E-state index in [2.05, 4.69) is 10.3 Å². The third-order valence-electron chi connectivity index (χ3n) is 4.38. The molecule has 2 aromatic carbocycles. The smallest absolute Gasteiger partial charge is 0.274 e. The molecule has 1 aromatic heterocycles. The van der Waals surface area contributed by atoms with Crippen molar-refractivity contribution in [3.05, 3.63) is 68.5 Å². The number of nitro benzene ring substituents is 1. The number of para-hydroxylation sites is 1. The summed E-state index contributed by atoms with van der Waals surface area (Å²) in [6.45, 7) is 4.06. The number of thioether (sulfide) groups is 1. The fraction of sp³-hybridized carbons (Fsp3) is 0.250. The SMILES string of the molecule is CCCn1c(SCC(=O)Nc2cccc([N+](=O)[O-])c2C)nc2ccccc2c1=O. The van der Waals surface area contributed by atoms with Crippen molar-refractivity contribution < 1.29 is 9.72 Å². The predicted molar refractivity (Wildman–Crippen MR) is 113 cm³/mol. The lowest BCUT2D eigenvalue weighted by Gasteiger charge is -2.12. The minimum Gasteiger partial charge on any atom is -0.325 e. The third-order valence-corrected chi connectivity index (χ3v) is 5.36. The average Bonchev–Trinajstić information content (AvgIpc) is 2.70. The van der Waals surface area contributed by atoms with E-state index in [-0.39, 0.29) is 22.9 Å². The van der Waals surface area contributed by atoms with Crippen molar-refractivity contribution in [3.8, 4) is 0 Å². The molecule has 1 N–H and O–H groups in total. The van der Waals surface area contributed by atoms with Crippen LogP contribution in [0.3, 0.4) is 0 Å². The zero-order chi connectivity index (χ0) is 21.0. The molecule has 0 fully saturated rings. The van der Waals surface area contributed by atoms with Crippen molar-refractivity contribution in [1.82, 2.24) is 9.55 Å². The maximum Gasteiger partial charge on any atom is 0.274 e. The molecule has 9 heteroatoms. The van der Waals surface area contributed by atoms with Crippen LogP contribution in [-0.4, -0.2) is 26.1 Å². The number of nitro groups is 1. The monoisotopic (exact) mass is 412 g/mol. The summed E-state index contributed by atoms with van der Waals surface area (Å²) in [5.74, 6) is -0.305. The van der Waals surface area contributed by atoms with Gasteiger partial charge in [0.25, 0.3) is 11.2 Å². The molecule has 0 saturated heterocycles. The van der Waals surface area contributed by atoms with Crippen LogP contribution < -0.4 is 10.9 Å². The van der Waals surface area contributed by atoms with Crippen LogP contribution in [0.5, 0.6) is 0 Å². The van der Waals surface area contributed by atoms with Crippen LogP contribution in [0.2, 0.25) is 0 Å². The second kappa shape index (κ2) is 8.87. The molecule has 0 atom stereocenters. The quantitative estimate of drug-likeness (QED) is 0.274. The molecule has 29 heavy (non-hydrogen) atoms. The Morgan fingerprint density at radius 2 is 2.00 bits per heavy atom. The van der Waals surface area contributed by atoms with Crippen molar-refractivity contribution in [3.63, 3.8) is 0 Å². The maximum atomic E-state index is 12.8. The highest BCUT2D eigenvalue weighted by atomic mass is 32.2. The highest BCUT2D eigenvalue weighted by molar-refractivity contribution is 7.99. The normalized spacial score (nSPS) is 10.8. The number of amides is 1. The highest BCUT2D eigenvalue weighted by Crippen LogP contribution is 2.25. The number of fused-ring (bicyclic) bond motifs is 1. The lowest BCUT2D eigenvalue weighted by Crippen LogP contribution is -2.24. The zero-order valence-electron chi connectivity index (χ0n) is 16.0. The van der Waals surface area contributed by atoms with Gasteiger partial charge in [-0.1, -0.05) is 36.9 Å². The molecule has 0 unspecified atom stereocenters. The Morgan fingerprint density at radius 3 is 2.72 bits per heavy atom. The first-order valence-corrected chi connectivity index (χ1v) is 10.1. The van der Waals surface area contributed by atoms with Gasteiger partial charge in [0.1, 0.15) is 0 Å². The molecule has 0 saturated carbocycles. The molecule has 0 aliphatic carbocycles. The van der Waals surface area contributed by atoms with E-state index in [4.69, 9.17) is 0 Å². The molecule has 0 bridgehead atoms. The van der Waals surface area contributed by atoms with E-state index < -0.39 is 4.92 Å². The first kappa shape index (κ1) is 20.5. The second-order valence-corrected chi connectivity index (χ2v) is 7.35. The number of benzene rings is 2. The molecule has 0 spiro atoms. The van der Waals surface area contributed by atoms with E-state index in [1.807, 2.05) is 13.0 Å². The van der Waals surface area contributed by atoms with Crippen molar-refractivity contribution in [2.45, 2.75) is 32.0 Å². The molecule has 3 rings (SSSR count). The molecular formula is C20H20N4O4S. The summed E-state index contributed by atoms with van der Waals surface area (Å²) >= 11 is 1.17. The Morgan fingerprint density at radius 1 is 1.24 bits per heavy atom. The fourth-order valence-corrected chi connectivity index (χ4v) is 3.78. The van der Waals surface area contributed by atoms with Crippen LogP contribution in [0, 0.1) is 17.0 Å². The summed E-state index contributed by atoms with van der Waals surface area (Å²) < 4.78 is 1.58. The van der Waals surface area contributed by atoms with Crippen molar-refractivity contribution in [1.29, 1.82) is 0 Å². The van der Waals surface area contributed by atoms with Gasteiger partial charge < -0.3 is 5.32 Å². The van der Waals surface area contributed by atoms with Gasteiger partial charge in [-0.05, 0) is 31.5 Å².